The number of aromatic nitrogens is 2. The van der Waals surface area contributed by atoms with Crippen molar-refractivity contribution in [2.75, 3.05) is 26.2 Å². The van der Waals surface area contributed by atoms with Crippen LogP contribution < -0.4 is 0 Å². The van der Waals surface area contributed by atoms with E-state index in [2.05, 4.69) is 24.7 Å². The summed E-state index contributed by atoms with van der Waals surface area (Å²) in [5.74, 6) is -0.0662. The highest BCUT2D eigenvalue weighted by atomic mass is 79.9. The Morgan fingerprint density at radius 3 is 2.54 bits per heavy atom. The number of halogens is 1. The van der Waals surface area contributed by atoms with Gasteiger partial charge in [-0.05, 0) is 40.2 Å². The molecule has 3 heterocycles. The van der Waals surface area contributed by atoms with Crippen LogP contribution in [0.4, 0.5) is 0 Å². The number of fused-ring (bicyclic) bond motifs is 1. The summed E-state index contributed by atoms with van der Waals surface area (Å²) in [5.41, 5.74) is 0.979. The van der Waals surface area contributed by atoms with E-state index in [4.69, 9.17) is 0 Å². The molecule has 1 amide bonds. The fourth-order valence-corrected chi connectivity index (χ4v) is 6.37. The highest BCUT2D eigenvalue weighted by Gasteiger charge is 2.32. The van der Waals surface area contributed by atoms with Gasteiger partial charge in [-0.3, -0.25) is 4.79 Å². The molecule has 136 valence electrons. The van der Waals surface area contributed by atoms with Gasteiger partial charge in [0.2, 0.25) is 10.0 Å². The summed E-state index contributed by atoms with van der Waals surface area (Å²) in [6.07, 6.45) is 0. The molecule has 0 atom stereocenters. The molecule has 3 aromatic rings. The Hall–Kier alpha value is -1.40. The number of hydrogen-bond donors (Lipinski definition) is 0. The molecule has 1 saturated heterocycles. The van der Waals surface area contributed by atoms with Gasteiger partial charge >= 0.3 is 0 Å². The van der Waals surface area contributed by atoms with Crippen molar-refractivity contribution in [2.24, 2.45) is 0 Å². The summed E-state index contributed by atoms with van der Waals surface area (Å²) in [6, 6.07) is 8.58. The van der Waals surface area contributed by atoms with Crippen molar-refractivity contribution in [3.63, 3.8) is 0 Å². The Morgan fingerprint density at radius 2 is 1.85 bits per heavy atom. The number of benzene rings is 1. The van der Waals surface area contributed by atoms with Crippen molar-refractivity contribution in [3.8, 4) is 0 Å². The largest absolute Gasteiger partial charge is 0.335 e. The zero-order valence-corrected chi connectivity index (χ0v) is 17.4. The average Bonchev–Trinajstić information content (AvgIpc) is 3.29. The predicted molar refractivity (Wildman–Crippen MR) is 104 cm³/mol. The van der Waals surface area contributed by atoms with Crippen LogP contribution in [0.1, 0.15) is 9.67 Å². The second kappa shape index (κ2) is 6.97. The lowest BCUT2D eigenvalue weighted by molar-refractivity contribution is 0.0703. The second-order valence-corrected chi connectivity index (χ2v) is 10.6. The van der Waals surface area contributed by atoms with Crippen molar-refractivity contribution >= 4 is 66.0 Å². The monoisotopic (exact) mass is 472 g/mol. The molecular formula is C15H13BrN4O3S3. The van der Waals surface area contributed by atoms with Crippen molar-refractivity contribution in [1.29, 1.82) is 0 Å². The van der Waals surface area contributed by atoms with Crippen LogP contribution >= 0.6 is 39.0 Å². The summed E-state index contributed by atoms with van der Waals surface area (Å²) in [7, 11) is -3.67. The van der Waals surface area contributed by atoms with E-state index in [1.54, 1.807) is 29.2 Å². The van der Waals surface area contributed by atoms with Crippen molar-refractivity contribution in [2.45, 2.75) is 4.90 Å². The number of hydrogen-bond acceptors (Lipinski definition) is 7. The van der Waals surface area contributed by atoms with Crippen molar-refractivity contribution in [3.05, 3.63) is 39.0 Å². The van der Waals surface area contributed by atoms with Gasteiger partial charge < -0.3 is 4.90 Å². The third-order valence-corrected chi connectivity index (χ3v) is 8.26. The highest BCUT2D eigenvalue weighted by Crippen LogP contribution is 2.27. The van der Waals surface area contributed by atoms with E-state index in [-0.39, 0.29) is 23.9 Å². The summed E-state index contributed by atoms with van der Waals surface area (Å²) >= 11 is 5.72. The maximum absolute atomic E-state index is 13.0. The molecule has 2 aromatic heterocycles. The molecule has 11 heteroatoms. The molecule has 0 spiro atoms. The lowest BCUT2D eigenvalue weighted by Crippen LogP contribution is -2.50. The molecule has 0 radical (unpaired) electrons. The van der Waals surface area contributed by atoms with Gasteiger partial charge in [0.25, 0.3) is 5.91 Å². The first kappa shape index (κ1) is 18.0. The van der Waals surface area contributed by atoms with Crippen LogP contribution in [0.5, 0.6) is 0 Å². The number of carbonyl (C=O) groups excluding carboxylic acids is 1. The summed E-state index contributed by atoms with van der Waals surface area (Å²) < 4.78 is 36.5. The quantitative estimate of drug-likeness (QED) is 0.584. The Balaban J connectivity index is 1.52. The molecule has 7 nitrogen and oxygen atoms in total. The Morgan fingerprint density at radius 1 is 1.08 bits per heavy atom. The van der Waals surface area contributed by atoms with Crippen molar-refractivity contribution < 1.29 is 13.2 Å². The molecule has 1 aliphatic heterocycles. The number of nitrogens with zero attached hydrogens (tertiary/aromatic N) is 4. The minimum Gasteiger partial charge on any atom is -0.335 e. The average molecular weight is 473 g/mol. The summed E-state index contributed by atoms with van der Waals surface area (Å²) in [5, 5.41) is 0. The van der Waals surface area contributed by atoms with Gasteiger partial charge in [-0.1, -0.05) is 6.07 Å². The maximum atomic E-state index is 13.0. The number of thiophene rings is 1. The predicted octanol–water partition coefficient (Wildman–Crippen LogP) is 2.66. The minimum absolute atomic E-state index is 0.0662. The number of sulfonamides is 1. The zero-order valence-electron chi connectivity index (χ0n) is 13.3. The topological polar surface area (TPSA) is 83.5 Å². The SMILES string of the molecule is O=C(c1ccc(Br)s1)N1CCN(S(=O)(=O)c2cccc3nsnc23)CC1. The lowest BCUT2D eigenvalue weighted by atomic mass is 10.3. The first-order chi connectivity index (χ1) is 12.5. The van der Waals surface area contributed by atoms with Crippen LogP contribution in [0.25, 0.3) is 11.0 Å². The molecule has 0 aliphatic carbocycles. The molecule has 1 fully saturated rings. The molecule has 26 heavy (non-hydrogen) atoms. The van der Waals surface area contributed by atoms with Crippen LogP contribution in [0.15, 0.2) is 39.0 Å². The van der Waals surface area contributed by atoms with E-state index >= 15 is 0 Å². The number of rotatable bonds is 3. The molecule has 4 rings (SSSR count). The smallest absolute Gasteiger partial charge is 0.264 e. The van der Waals surface area contributed by atoms with Crippen LogP contribution in [-0.2, 0) is 10.0 Å². The second-order valence-electron chi connectivity index (χ2n) is 5.69. The molecule has 0 bridgehead atoms. The fourth-order valence-electron chi connectivity index (χ4n) is 2.85. The lowest BCUT2D eigenvalue weighted by Gasteiger charge is -2.33. The molecule has 0 saturated carbocycles. The summed E-state index contributed by atoms with van der Waals surface area (Å²) in [6.45, 7) is 1.24. The van der Waals surface area contributed by atoms with Gasteiger partial charge in [0, 0.05) is 26.2 Å². The minimum atomic E-state index is -3.67. The normalized spacial score (nSPS) is 16.3. The summed E-state index contributed by atoms with van der Waals surface area (Å²) in [4.78, 5) is 15.0. The van der Waals surface area contributed by atoms with Crippen molar-refractivity contribution in [1.82, 2.24) is 18.0 Å². The van der Waals surface area contributed by atoms with E-state index in [0.29, 0.717) is 29.0 Å². The van der Waals surface area contributed by atoms with Crippen LogP contribution in [0, 0.1) is 0 Å². The standard InChI is InChI=1S/C15H13BrN4O3S3/c16-13-5-4-11(24-13)15(21)19-6-8-20(9-7-19)26(22,23)12-3-1-2-10-14(12)18-25-17-10/h1-5H,6-9H2. The molecule has 1 aliphatic rings. The third kappa shape index (κ3) is 3.18. The first-order valence-corrected chi connectivity index (χ1v) is 11.5. The Kier molecular flexibility index (Phi) is 4.82. The Labute approximate surface area is 166 Å². The number of piperazine rings is 1. The Bertz CT molecular complexity index is 1070. The molecule has 0 N–H and O–H groups in total. The van der Waals surface area contributed by atoms with Gasteiger partial charge in [-0.2, -0.15) is 13.1 Å². The van der Waals surface area contributed by atoms with Gasteiger partial charge in [0.1, 0.15) is 15.9 Å². The van der Waals surface area contributed by atoms with Gasteiger partial charge in [-0.15, -0.1) is 11.3 Å². The van der Waals surface area contributed by atoms with Crippen LogP contribution in [0.3, 0.4) is 0 Å². The third-order valence-electron chi connectivity index (χ3n) is 4.18. The number of carbonyl (C=O) groups is 1. The van der Waals surface area contributed by atoms with E-state index in [1.807, 2.05) is 6.07 Å². The van der Waals surface area contributed by atoms with Gasteiger partial charge in [-0.25, -0.2) is 8.42 Å². The van der Waals surface area contributed by atoms with Gasteiger partial charge in [0.05, 0.1) is 20.4 Å². The molecule has 0 unspecified atom stereocenters. The van der Waals surface area contributed by atoms with E-state index in [1.165, 1.54) is 15.6 Å². The van der Waals surface area contributed by atoms with E-state index in [9.17, 15) is 13.2 Å². The maximum Gasteiger partial charge on any atom is 0.264 e. The van der Waals surface area contributed by atoms with Crippen LogP contribution in [0.2, 0.25) is 0 Å². The molecular weight excluding hydrogens is 460 g/mol. The number of amides is 1. The first-order valence-electron chi connectivity index (χ1n) is 7.73. The fraction of sp³-hybridized carbons (Fsp3) is 0.267. The zero-order chi connectivity index (χ0) is 18.3. The van der Waals surface area contributed by atoms with Crippen LogP contribution in [-0.4, -0.2) is 58.5 Å². The highest BCUT2D eigenvalue weighted by molar-refractivity contribution is 9.11. The van der Waals surface area contributed by atoms with E-state index in [0.717, 1.165) is 15.5 Å². The molecule has 1 aromatic carbocycles. The van der Waals surface area contributed by atoms with Gasteiger partial charge in [0.15, 0.2) is 0 Å². The van der Waals surface area contributed by atoms with E-state index < -0.39 is 10.0 Å².